The molecule has 4 aromatic rings. The van der Waals surface area contributed by atoms with Crippen LogP contribution in [0.15, 0.2) is 57.7 Å². The number of aliphatic carboxylic acids is 1. The van der Waals surface area contributed by atoms with Gasteiger partial charge in [0.2, 0.25) is 0 Å². The average molecular weight is 408 g/mol. The van der Waals surface area contributed by atoms with Crippen molar-refractivity contribution in [3.05, 3.63) is 59.0 Å². The number of aromatic nitrogens is 1. The Morgan fingerprint density at radius 2 is 1.97 bits per heavy atom. The van der Waals surface area contributed by atoms with E-state index in [0.717, 1.165) is 40.7 Å². The first-order valence-electron chi connectivity index (χ1n) is 9.50. The van der Waals surface area contributed by atoms with E-state index in [2.05, 4.69) is 10.3 Å². The Balaban J connectivity index is 1.49. The van der Waals surface area contributed by atoms with Crippen LogP contribution in [0.1, 0.15) is 25.7 Å². The molecule has 0 unspecified atom stereocenters. The van der Waals surface area contributed by atoms with Gasteiger partial charge in [-0.2, -0.15) is 0 Å². The quantitative estimate of drug-likeness (QED) is 0.310. The molecule has 6 nitrogen and oxygen atoms in total. The minimum atomic E-state index is -0.757. The summed E-state index contributed by atoms with van der Waals surface area (Å²) in [5.41, 5.74) is 2.33. The molecule has 0 spiro atoms. The molecule has 2 aromatic carbocycles. The maximum atomic E-state index is 12.5. The molecule has 4 rings (SSSR count). The van der Waals surface area contributed by atoms with Crippen LogP contribution < -0.4 is 10.9 Å². The maximum absolute atomic E-state index is 12.5. The first kappa shape index (κ1) is 19.1. The second-order valence-electron chi connectivity index (χ2n) is 6.82. The first-order chi connectivity index (χ1) is 14.1. The monoisotopic (exact) mass is 408 g/mol. The number of anilines is 1. The van der Waals surface area contributed by atoms with Crippen LogP contribution in [0.4, 0.5) is 5.69 Å². The van der Waals surface area contributed by atoms with E-state index in [4.69, 9.17) is 9.52 Å². The molecule has 0 aliphatic heterocycles. The third-order valence-corrected chi connectivity index (χ3v) is 5.73. The summed E-state index contributed by atoms with van der Waals surface area (Å²) in [4.78, 5) is 27.6. The van der Waals surface area contributed by atoms with E-state index in [1.54, 1.807) is 0 Å². The molecule has 7 heteroatoms. The van der Waals surface area contributed by atoms with Gasteiger partial charge in [-0.25, -0.2) is 9.78 Å². The highest BCUT2D eigenvalue weighted by Crippen LogP contribution is 2.30. The zero-order valence-electron chi connectivity index (χ0n) is 15.7. The third kappa shape index (κ3) is 4.46. The van der Waals surface area contributed by atoms with E-state index >= 15 is 0 Å². The number of fused-ring (bicyclic) bond motifs is 2. The van der Waals surface area contributed by atoms with Crippen molar-refractivity contribution in [3.8, 4) is 10.6 Å². The highest BCUT2D eigenvalue weighted by atomic mass is 32.1. The van der Waals surface area contributed by atoms with Crippen molar-refractivity contribution >= 4 is 44.2 Å². The number of carboxylic acid groups (broad SMARTS) is 1. The topological polar surface area (TPSA) is 92.4 Å². The third-order valence-electron chi connectivity index (χ3n) is 4.66. The number of thiazole rings is 1. The highest BCUT2D eigenvalue weighted by molar-refractivity contribution is 7.21. The van der Waals surface area contributed by atoms with Crippen LogP contribution in [0.3, 0.4) is 0 Å². The number of carbonyl (C=O) groups is 1. The van der Waals surface area contributed by atoms with Gasteiger partial charge in [0.05, 0.1) is 15.8 Å². The Hall–Kier alpha value is -3.19. The van der Waals surface area contributed by atoms with Crippen LogP contribution in [0.5, 0.6) is 0 Å². The Labute approximate surface area is 170 Å². The van der Waals surface area contributed by atoms with Gasteiger partial charge in [0, 0.05) is 30.1 Å². The zero-order valence-corrected chi connectivity index (χ0v) is 16.5. The fraction of sp³-hybridized carbons (Fsp3) is 0.227. The molecule has 148 valence electrons. The number of para-hydroxylation sites is 1. The second kappa shape index (κ2) is 8.45. The van der Waals surface area contributed by atoms with Gasteiger partial charge < -0.3 is 14.8 Å². The molecule has 2 N–H and O–H groups in total. The fourth-order valence-electron chi connectivity index (χ4n) is 3.17. The molecular formula is C22H20N2O4S. The predicted molar refractivity (Wildman–Crippen MR) is 116 cm³/mol. The van der Waals surface area contributed by atoms with Gasteiger partial charge in [-0.1, -0.05) is 18.6 Å². The molecule has 2 heterocycles. The number of nitrogens with zero attached hydrogens (tertiary/aromatic N) is 1. The van der Waals surface area contributed by atoms with Crippen LogP contribution in [-0.4, -0.2) is 22.6 Å². The summed E-state index contributed by atoms with van der Waals surface area (Å²) in [6.45, 7) is 0.735. The SMILES string of the molecule is O=C(O)CCCCCNc1ccc2cc(-c3nc4ccccc4s3)c(=O)oc2c1. The number of benzene rings is 2. The van der Waals surface area contributed by atoms with Crippen molar-refractivity contribution in [2.75, 3.05) is 11.9 Å². The molecule has 0 aliphatic rings. The lowest BCUT2D eigenvalue weighted by atomic mass is 10.1. The lowest BCUT2D eigenvalue weighted by Gasteiger charge is -2.07. The molecule has 29 heavy (non-hydrogen) atoms. The lowest BCUT2D eigenvalue weighted by Crippen LogP contribution is -2.04. The molecule has 0 saturated carbocycles. The number of carboxylic acids is 1. The Kier molecular flexibility index (Phi) is 5.57. The molecule has 0 amide bonds. The molecule has 0 radical (unpaired) electrons. The fourth-order valence-corrected chi connectivity index (χ4v) is 4.14. The van der Waals surface area contributed by atoms with Crippen LogP contribution in [0.2, 0.25) is 0 Å². The Bertz CT molecular complexity index is 1200. The van der Waals surface area contributed by atoms with E-state index in [1.165, 1.54) is 11.3 Å². The van der Waals surface area contributed by atoms with Crippen LogP contribution in [0, 0.1) is 0 Å². The number of rotatable bonds is 8. The largest absolute Gasteiger partial charge is 0.481 e. The maximum Gasteiger partial charge on any atom is 0.346 e. The number of hydrogen-bond donors (Lipinski definition) is 2. The van der Waals surface area contributed by atoms with Gasteiger partial charge >= 0.3 is 11.6 Å². The van der Waals surface area contributed by atoms with Crippen molar-refractivity contribution in [3.63, 3.8) is 0 Å². The minimum Gasteiger partial charge on any atom is -0.481 e. The number of hydrogen-bond acceptors (Lipinski definition) is 6. The molecule has 0 atom stereocenters. The Morgan fingerprint density at radius 1 is 1.10 bits per heavy atom. The predicted octanol–water partition coefficient (Wildman–Crippen LogP) is 5.13. The van der Waals surface area contributed by atoms with Crippen molar-refractivity contribution in [2.24, 2.45) is 0 Å². The van der Waals surface area contributed by atoms with Gasteiger partial charge in [-0.3, -0.25) is 4.79 Å². The lowest BCUT2D eigenvalue weighted by molar-refractivity contribution is -0.137. The van der Waals surface area contributed by atoms with E-state index in [9.17, 15) is 9.59 Å². The summed E-state index contributed by atoms with van der Waals surface area (Å²) >= 11 is 1.48. The summed E-state index contributed by atoms with van der Waals surface area (Å²) in [5, 5.41) is 13.4. The first-order valence-corrected chi connectivity index (χ1v) is 10.3. The smallest absolute Gasteiger partial charge is 0.346 e. The van der Waals surface area contributed by atoms with Gasteiger partial charge in [-0.15, -0.1) is 11.3 Å². The van der Waals surface area contributed by atoms with Crippen molar-refractivity contribution in [2.45, 2.75) is 25.7 Å². The van der Waals surface area contributed by atoms with Crippen LogP contribution in [-0.2, 0) is 4.79 Å². The molecule has 0 bridgehead atoms. The Morgan fingerprint density at radius 3 is 2.79 bits per heavy atom. The van der Waals surface area contributed by atoms with Crippen molar-refractivity contribution in [1.82, 2.24) is 4.98 Å². The standard InChI is InChI=1S/C22H20N2O4S/c25-20(26)8-2-1-5-11-23-15-10-9-14-12-16(22(27)28-18(14)13-15)21-24-17-6-3-4-7-19(17)29-21/h3-4,6-7,9-10,12-13,23H,1-2,5,8,11H2,(H,25,26). The normalized spacial score (nSPS) is 11.2. The molecule has 0 aliphatic carbocycles. The van der Waals surface area contributed by atoms with Crippen molar-refractivity contribution in [1.29, 1.82) is 0 Å². The van der Waals surface area contributed by atoms with E-state index in [0.29, 0.717) is 22.6 Å². The average Bonchev–Trinajstić information content (AvgIpc) is 3.13. The van der Waals surface area contributed by atoms with Gasteiger partial charge in [0.15, 0.2) is 0 Å². The minimum absolute atomic E-state index is 0.206. The van der Waals surface area contributed by atoms with E-state index in [-0.39, 0.29) is 6.42 Å². The second-order valence-corrected chi connectivity index (χ2v) is 7.85. The van der Waals surface area contributed by atoms with Crippen molar-refractivity contribution < 1.29 is 14.3 Å². The molecule has 0 saturated heterocycles. The summed E-state index contributed by atoms with van der Waals surface area (Å²) in [6, 6.07) is 15.3. The molecular weight excluding hydrogens is 388 g/mol. The summed E-state index contributed by atoms with van der Waals surface area (Å²) in [6.07, 6.45) is 2.62. The van der Waals surface area contributed by atoms with Gasteiger partial charge in [0.25, 0.3) is 0 Å². The number of unbranched alkanes of at least 4 members (excludes halogenated alkanes) is 2. The van der Waals surface area contributed by atoms with E-state index in [1.807, 2.05) is 48.5 Å². The molecule has 2 aromatic heterocycles. The van der Waals surface area contributed by atoms with Gasteiger partial charge in [-0.05, 0) is 43.2 Å². The van der Waals surface area contributed by atoms with Crippen LogP contribution in [0.25, 0.3) is 31.8 Å². The van der Waals surface area contributed by atoms with Crippen LogP contribution >= 0.6 is 11.3 Å². The number of nitrogens with one attached hydrogen (secondary N) is 1. The van der Waals surface area contributed by atoms with Gasteiger partial charge in [0.1, 0.15) is 10.6 Å². The van der Waals surface area contributed by atoms with E-state index < -0.39 is 11.6 Å². The summed E-state index contributed by atoms with van der Waals surface area (Å²) in [7, 11) is 0. The highest BCUT2D eigenvalue weighted by Gasteiger charge is 2.13. The summed E-state index contributed by atoms with van der Waals surface area (Å²) < 4.78 is 6.59. The summed E-state index contributed by atoms with van der Waals surface area (Å²) in [5.74, 6) is -0.757. The molecule has 0 fully saturated rings. The zero-order chi connectivity index (χ0) is 20.2.